The molecule has 1 heterocycles. The lowest BCUT2D eigenvalue weighted by Crippen LogP contribution is -2.21. The quantitative estimate of drug-likeness (QED) is 0.492. The van der Waals surface area contributed by atoms with Crippen molar-refractivity contribution >= 4 is 23.3 Å². The average Bonchev–Trinajstić information content (AvgIpc) is 3.08. The molecule has 2 aromatic carbocycles. The molecule has 26 heavy (non-hydrogen) atoms. The largest absolute Gasteiger partial charge is 0.454 e. The minimum Gasteiger partial charge on any atom is -0.454 e. The molecule has 10 heteroatoms. The van der Waals surface area contributed by atoms with Crippen LogP contribution in [0.25, 0.3) is 0 Å². The van der Waals surface area contributed by atoms with Crippen molar-refractivity contribution in [2.24, 2.45) is 0 Å². The van der Waals surface area contributed by atoms with Crippen LogP contribution in [0, 0.1) is 15.9 Å². The maximum Gasteiger partial charge on any atom is 0.338 e. The standard InChI is InChI=1S/C16H11FN2O7/c17-11-3-2-10(6-12(11)19(22)23)18-15(20)7-24-16(21)9-1-4-13-14(5-9)26-8-25-13/h1-6H,7-8H2,(H,18,20). The number of hydrogen-bond acceptors (Lipinski definition) is 7. The molecule has 1 N–H and O–H groups in total. The first kappa shape index (κ1) is 17.1. The number of benzene rings is 2. The fourth-order valence-electron chi connectivity index (χ4n) is 2.17. The van der Waals surface area contributed by atoms with Gasteiger partial charge in [0.25, 0.3) is 5.91 Å². The summed E-state index contributed by atoms with van der Waals surface area (Å²) >= 11 is 0. The summed E-state index contributed by atoms with van der Waals surface area (Å²) in [5.74, 6) is -1.63. The first-order valence-corrected chi connectivity index (χ1v) is 7.24. The SMILES string of the molecule is O=C(COC(=O)c1ccc2c(c1)OCO2)Nc1ccc(F)c([N+](=O)[O-])c1. The molecule has 0 unspecified atom stereocenters. The molecule has 9 nitrogen and oxygen atoms in total. The van der Waals surface area contributed by atoms with Gasteiger partial charge in [-0.25, -0.2) is 4.79 Å². The van der Waals surface area contributed by atoms with Crippen LogP contribution in [0.15, 0.2) is 36.4 Å². The number of carbonyl (C=O) groups excluding carboxylic acids is 2. The minimum absolute atomic E-state index is 0.00206. The zero-order valence-corrected chi connectivity index (χ0v) is 13.1. The fourth-order valence-corrected chi connectivity index (χ4v) is 2.17. The maximum absolute atomic E-state index is 13.3. The Morgan fingerprint density at radius 3 is 2.73 bits per heavy atom. The average molecular weight is 362 g/mol. The Balaban J connectivity index is 1.58. The number of nitro benzene ring substituents is 1. The van der Waals surface area contributed by atoms with Gasteiger partial charge in [0.1, 0.15) is 0 Å². The van der Waals surface area contributed by atoms with E-state index in [1.165, 1.54) is 18.2 Å². The molecule has 0 radical (unpaired) electrons. The number of halogens is 1. The Labute approximate surface area is 145 Å². The molecule has 0 spiro atoms. The van der Waals surface area contributed by atoms with E-state index in [-0.39, 0.29) is 18.0 Å². The van der Waals surface area contributed by atoms with Gasteiger partial charge in [-0.1, -0.05) is 0 Å². The van der Waals surface area contributed by atoms with Crippen molar-refractivity contribution in [1.82, 2.24) is 0 Å². The van der Waals surface area contributed by atoms with Crippen LogP contribution < -0.4 is 14.8 Å². The van der Waals surface area contributed by atoms with Gasteiger partial charge in [-0.05, 0) is 30.3 Å². The van der Waals surface area contributed by atoms with Gasteiger partial charge in [0.05, 0.1) is 10.5 Å². The van der Waals surface area contributed by atoms with Crippen molar-refractivity contribution in [2.75, 3.05) is 18.7 Å². The van der Waals surface area contributed by atoms with E-state index >= 15 is 0 Å². The zero-order valence-electron chi connectivity index (χ0n) is 13.1. The monoisotopic (exact) mass is 362 g/mol. The Kier molecular flexibility index (Phi) is 4.65. The van der Waals surface area contributed by atoms with Crippen molar-refractivity contribution in [3.63, 3.8) is 0 Å². The van der Waals surface area contributed by atoms with Crippen molar-refractivity contribution < 1.29 is 33.1 Å². The third-order valence-corrected chi connectivity index (χ3v) is 3.37. The van der Waals surface area contributed by atoms with Crippen LogP contribution in [0.4, 0.5) is 15.8 Å². The Hall–Kier alpha value is -3.69. The molecule has 1 aliphatic rings. The van der Waals surface area contributed by atoms with Crippen LogP contribution in [-0.4, -0.2) is 30.2 Å². The van der Waals surface area contributed by atoms with E-state index in [9.17, 15) is 24.1 Å². The van der Waals surface area contributed by atoms with Crippen molar-refractivity contribution in [2.45, 2.75) is 0 Å². The second kappa shape index (κ2) is 7.05. The highest BCUT2D eigenvalue weighted by atomic mass is 19.1. The summed E-state index contributed by atoms with van der Waals surface area (Å²) in [5, 5.41) is 13.0. The van der Waals surface area contributed by atoms with E-state index in [1.54, 1.807) is 0 Å². The molecule has 0 atom stereocenters. The number of ether oxygens (including phenoxy) is 3. The minimum atomic E-state index is -1.03. The summed E-state index contributed by atoms with van der Waals surface area (Å²) in [5.41, 5.74) is -0.609. The third kappa shape index (κ3) is 3.69. The molecule has 2 aromatic rings. The first-order chi connectivity index (χ1) is 12.4. The van der Waals surface area contributed by atoms with Crippen LogP contribution in [0.3, 0.4) is 0 Å². The molecular weight excluding hydrogens is 351 g/mol. The van der Waals surface area contributed by atoms with E-state index in [2.05, 4.69) is 5.32 Å². The summed E-state index contributed by atoms with van der Waals surface area (Å²) in [4.78, 5) is 33.5. The third-order valence-electron chi connectivity index (χ3n) is 3.37. The number of fused-ring (bicyclic) bond motifs is 1. The summed E-state index contributed by atoms with van der Waals surface area (Å²) in [7, 11) is 0. The Morgan fingerprint density at radius 2 is 1.96 bits per heavy atom. The van der Waals surface area contributed by atoms with Crippen LogP contribution >= 0.6 is 0 Å². The van der Waals surface area contributed by atoms with Crippen molar-refractivity contribution in [3.05, 3.63) is 57.9 Å². The highest BCUT2D eigenvalue weighted by Gasteiger charge is 2.18. The van der Waals surface area contributed by atoms with Crippen molar-refractivity contribution in [1.29, 1.82) is 0 Å². The molecule has 0 fully saturated rings. The van der Waals surface area contributed by atoms with Gasteiger partial charge in [0.2, 0.25) is 12.6 Å². The first-order valence-electron chi connectivity index (χ1n) is 7.24. The second-order valence-electron chi connectivity index (χ2n) is 5.12. The number of nitro groups is 1. The Bertz CT molecular complexity index is 900. The van der Waals surface area contributed by atoms with Crippen LogP contribution in [0.1, 0.15) is 10.4 Å². The summed E-state index contributed by atoms with van der Waals surface area (Å²) in [6.07, 6.45) is 0. The molecule has 0 bridgehead atoms. The van der Waals surface area contributed by atoms with Crippen LogP contribution in [0.5, 0.6) is 11.5 Å². The molecule has 0 saturated heterocycles. The lowest BCUT2D eigenvalue weighted by molar-refractivity contribution is -0.387. The summed E-state index contributed by atoms with van der Waals surface area (Å²) in [6.45, 7) is -0.571. The molecule has 0 aliphatic carbocycles. The lowest BCUT2D eigenvalue weighted by Gasteiger charge is -2.07. The van der Waals surface area contributed by atoms with Gasteiger partial charge >= 0.3 is 11.7 Å². The second-order valence-corrected chi connectivity index (χ2v) is 5.12. The molecular formula is C16H11FN2O7. The summed E-state index contributed by atoms with van der Waals surface area (Å²) in [6, 6.07) is 7.29. The molecule has 0 aromatic heterocycles. The predicted octanol–water partition coefficient (Wildman–Crippen LogP) is 2.26. The molecule has 1 amide bonds. The van der Waals surface area contributed by atoms with Gasteiger partial charge in [-0.3, -0.25) is 14.9 Å². The highest BCUT2D eigenvalue weighted by molar-refractivity contribution is 5.96. The Morgan fingerprint density at radius 1 is 1.19 bits per heavy atom. The van der Waals surface area contributed by atoms with E-state index in [0.29, 0.717) is 11.5 Å². The topological polar surface area (TPSA) is 117 Å². The number of hydrogen-bond donors (Lipinski definition) is 1. The zero-order chi connectivity index (χ0) is 18.7. The van der Waals surface area contributed by atoms with E-state index < -0.39 is 34.9 Å². The number of nitrogens with one attached hydrogen (secondary N) is 1. The molecule has 134 valence electrons. The van der Waals surface area contributed by atoms with Gasteiger partial charge in [-0.2, -0.15) is 4.39 Å². The summed E-state index contributed by atoms with van der Waals surface area (Å²) < 4.78 is 28.4. The van der Waals surface area contributed by atoms with E-state index in [0.717, 1.165) is 18.2 Å². The maximum atomic E-state index is 13.3. The lowest BCUT2D eigenvalue weighted by atomic mass is 10.2. The van der Waals surface area contributed by atoms with Crippen LogP contribution in [0.2, 0.25) is 0 Å². The number of carbonyl (C=O) groups is 2. The molecule has 0 saturated carbocycles. The van der Waals surface area contributed by atoms with Gasteiger partial charge in [0.15, 0.2) is 18.1 Å². The molecule has 3 rings (SSSR count). The number of anilines is 1. The van der Waals surface area contributed by atoms with Gasteiger partial charge in [0, 0.05) is 11.8 Å². The highest BCUT2D eigenvalue weighted by Crippen LogP contribution is 2.32. The fraction of sp³-hybridized carbons (Fsp3) is 0.125. The normalized spacial score (nSPS) is 11.7. The van der Waals surface area contributed by atoms with Gasteiger partial charge in [-0.15, -0.1) is 0 Å². The number of amides is 1. The van der Waals surface area contributed by atoms with E-state index in [1.807, 2.05) is 0 Å². The smallest absolute Gasteiger partial charge is 0.338 e. The number of rotatable bonds is 5. The molecule has 1 aliphatic heterocycles. The van der Waals surface area contributed by atoms with Crippen LogP contribution in [-0.2, 0) is 9.53 Å². The predicted molar refractivity (Wildman–Crippen MR) is 84.5 cm³/mol. The van der Waals surface area contributed by atoms with E-state index in [4.69, 9.17) is 14.2 Å². The number of esters is 1. The van der Waals surface area contributed by atoms with Gasteiger partial charge < -0.3 is 19.5 Å². The van der Waals surface area contributed by atoms with Crippen molar-refractivity contribution in [3.8, 4) is 11.5 Å². The number of nitrogens with zero attached hydrogens (tertiary/aromatic N) is 1.